The van der Waals surface area contributed by atoms with Gasteiger partial charge in [-0.2, -0.15) is 0 Å². The van der Waals surface area contributed by atoms with Crippen LogP contribution < -0.4 is 0 Å². The number of hydrogen-bond acceptors (Lipinski definition) is 4. The number of benzene rings is 1. The van der Waals surface area contributed by atoms with E-state index in [0.29, 0.717) is 6.54 Å². The van der Waals surface area contributed by atoms with Gasteiger partial charge in [0.1, 0.15) is 11.6 Å². The normalized spacial score (nSPS) is 10.1. The lowest BCUT2D eigenvalue weighted by atomic mass is 10.1. The molecule has 0 aromatic heterocycles. The molecular weight excluding hydrogens is 253 g/mol. The molecule has 104 valence electrons. The van der Waals surface area contributed by atoms with Crippen LogP contribution in [0.2, 0.25) is 0 Å². The van der Waals surface area contributed by atoms with Crippen molar-refractivity contribution in [2.24, 2.45) is 0 Å². The zero-order chi connectivity index (χ0) is 14.4. The third-order valence-electron chi connectivity index (χ3n) is 2.67. The zero-order valence-electron chi connectivity index (χ0n) is 10.9. The van der Waals surface area contributed by atoms with E-state index >= 15 is 0 Å². The third-order valence-corrected chi connectivity index (χ3v) is 2.67. The van der Waals surface area contributed by atoms with Gasteiger partial charge in [0.25, 0.3) is 5.91 Å². The molecule has 0 radical (unpaired) electrons. The van der Waals surface area contributed by atoms with Gasteiger partial charge in [0.15, 0.2) is 0 Å². The molecule has 1 N–H and O–H groups in total. The van der Waals surface area contributed by atoms with Gasteiger partial charge in [0, 0.05) is 19.2 Å². The highest BCUT2D eigenvalue weighted by atomic mass is 19.1. The molecule has 0 bridgehead atoms. The molecule has 0 unspecified atom stereocenters. The van der Waals surface area contributed by atoms with E-state index in [1.807, 2.05) is 0 Å². The Hall–Kier alpha value is -2.11. The van der Waals surface area contributed by atoms with E-state index in [9.17, 15) is 14.0 Å². The Labute approximate surface area is 110 Å². The first-order valence-electron chi connectivity index (χ1n) is 5.84. The van der Waals surface area contributed by atoms with E-state index in [1.165, 1.54) is 24.1 Å². The molecule has 1 aromatic rings. The number of halogens is 1. The molecule has 0 saturated carbocycles. The highest BCUT2D eigenvalue weighted by Crippen LogP contribution is 2.16. The van der Waals surface area contributed by atoms with Gasteiger partial charge in [0.2, 0.25) is 0 Å². The first-order chi connectivity index (χ1) is 8.99. The molecule has 1 aromatic carbocycles. The number of carbonyl (C=O) groups is 2. The van der Waals surface area contributed by atoms with E-state index in [2.05, 4.69) is 4.74 Å². The second-order valence-corrected chi connectivity index (χ2v) is 3.88. The van der Waals surface area contributed by atoms with E-state index in [0.717, 1.165) is 6.07 Å². The molecular formula is C13H16FNO4. The molecule has 1 rings (SSSR count). The second-order valence-electron chi connectivity index (χ2n) is 3.88. The SMILES string of the molecule is CCN(CCC(=O)OC)C(=O)c1ccc(O)cc1F. The van der Waals surface area contributed by atoms with Crippen molar-refractivity contribution in [1.82, 2.24) is 4.90 Å². The van der Waals surface area contributed by atoms with Crippen LogP contribution >= 0.6 is 0 Å². The summed E-state index contributed by atoms with van der Waals surface area (Å²) in [7, 11) is 1.26. The number of carbonyl (C=O) groups excluding carboxylic acids is 2. The van der Waals surface area contributed by atoms with Crippen LogP contribution in [0, 0.1) is 5.82 Å². The van der Waals surface area contributed by atoms with E-state index in [-0.39, 0.29) is 24.3 Å². The number of nitrogens with zero attached hydrogens (tertiary/aromatic N) is 1. The summed E-state index contributed by atoms with van der Waals surface area (Å²) in [4.78, 5) is 24.4. The minimum absolute atomic E-state index is 0.0514. The Bertz CT molecular complexity index is 476. The predicted molar refractivity (Wildman–Crippen MR) is 66.3 cm³/mol. The lowest BCUT2D eigenvalue weighted by Gasteiger charge is -2.20. The van der Waals surface area contributed by atoms with Gasteiger partial charge in [0.05, 0.1) is 19.1 Å². The molecule has 0 aliphatic carbocycles. The fourth-order valence-electron chi connectivity index (χ4n) is 1.58. The summed E-state index contributed by atoms with van der Waals surface area (Å²) in [6.45, 7) is 2.23. The predicted octanol–water partition coefficient (Wildman–Crippen LogP) is 1.56. The van der Waals surface area contributed by atoms with Crippen LogP contribution in [0.15, 0.2) is 18.2 Å². The van der Waals surface area contributed by atoms with E-state index in [4.69, 9.17) is 5.11 Å². The summed E-state index contributed by atoms with van der Waals surface area (Å²) in [5.41, 5.74) is -0.135. The quantitative estimate of drug-likeness (QED) is 0.824. The Balaban J connectivity index is 2.80. The fourth-order valence-corrected chi connectivity index (χ4v) is 1.58. The second kappa shape index (κ2) is 6.72. The van der Waals surface area contributed by atoms with Crippen LogP contribution in [0.3, 0.4) is 0 Å². The summed E-state index contributed by atoms with van der Waals surface area (Å²) in [5.74, 6) is -1.99. The molecule has 0 fully saturated rings. The van der Waals surface area contributed by atoms with Gasteiger partial charge in [-0.05, 0) is 19.1 Å². The average molecular weight is 269 g/mol. The maximum absolute atomic E-state index is 13.6. The molecule has 6 heteroatoms. The summed E-state index contributed by atoms with van der Waals surface area (Å²) < 4.78 is 18.0. The topological polar surface area (TPSA) is 66.8 Å². The number of aromatic hydroxyl groups is 1. The van der Waals surface area contributed by atoms with E-state index in [1.54, 1.807) is 6.92 Å². The van der Waals surface area contributed by atoms with Crippen LogP contribution in [-0.4, -0.2) is 42.1 Å². The number of phenols is 1. The fraction of sp³-hybridized carbons (Fsp3) is 0.385. The number of hydrogen-bond donors (Lipinski definition) is 1. The van der Waals surface area contributed by atoms with Crippen molar-refractivity contribution in [3.63, 3.8) is 0 Å². The Morgan fingerprint density at radius 3 is 2.63 bits per heavy atom. The van der Waals surface area contributed by atoms with Gasteiger partial charge in [-0.3, -0.25) is 9.59 Å². The lowest BCUT2D eigenvalue weighted by Crippen LogP contribution is -2.33. The number of rotatable bonds is 5. The van der Waals surface area contributed by atoms with Crippen molar-refractivity contribution < 1.29 is 23.8 Å². The van der Waals surface area contributed by atoms with Crippen molar-refractivity contribution in [1.29, 1.82) is 0 Å². The first-order valence-corrected chi connectivity index (χ1v) is 5.84. The summed E-state index contributed by atoms with van der Waals surface area (Å²) >= 11 is 0. The van der Waals surface area contributed by atoms with Crippen LogP contribution in [0.1, 0.15) is 23.7 Å². The largest absolute Gasteiger partial charge is 0.508 e. The van der Waals surface area contributed by atoms with Crippen molar-refractivity contribution in [2.45, 2.75) is 13.3 Å². The molecule has 0 heterocycles. The van der Waals surface area contributed by atoms with Crippen LogP contribution in [-0.2, 0) is 9.53 Å². The molecule has 0 aliphatic rings. The molecule has 19 heavy (non-hydrogen) atoms. The smallest absolute Gasteiger partial charge is 0.307 e. The van der Waals surface area contributed by atoms with E-state index < -0.39 is 17.7 Å². The number of phenolic OH excluding ortho intramolecular Hbond substituents is 1. The molecule has 0 saturated heterocycles. The number of amides is 1. The van der Waals surface area contributed by atoms with Crippen molar-refractivity contribution in [3.05, 3.63) is 29.6 Å². The summed E-state index contributed by atoms with van der Waals surface area (Å²) in [5, 5.41) is 9.10. The molecule has 0 atom stereocenters. The van der Waals surface area contributed by atoms with Crippen LogP contribution in [0.4, 0.5) is 4.39 Å². The third kappa shape index (κ3) is 3.94. The van der Waals surface area contributed by atoms with Crippen molar-refractivity contribution in [2.75, 3.05) is 20.2 Å². The standard InChI is InChI=1S/C13H16FNO4/c1-3-15(7-6-12(17)19-2)13(18)10-5-4-9(16)8-11(10)14/h4-5,8,16H,3,6-7H2,1-2H3. The first kappa shape index (κ1) is 14.9. The van der Waals surface area contributed by atoms with Crippen LogP contribution in [0.25, 0.3) is 0 Å². The maximum atomic E-state index is 13.6. The minimum atomic E-state index is -0.790. The van der Waals surface area contributed by atoms with Gasteiger partial charge in [-0.1, -0.05) is 0 Å². The van der Waals surface area contributed by atoms with Gasteiger partial charge in [-0.25, -0.2) is 4.39 Å². The van der Waals surface area contributed by atoms with Gasteiger partial charge in [-0.15, -0.1) is 0 Å². The summed E-state index contributed by atoms with van der Waals surface area (Å²) in [6.07, 6.45) is 0.0514. The molecule has 0 aliphatic heterocycles. The lowest BCUT2D eigenvalue weighted by molar-refractivity contribution is -0.140. The Kier molecular flexibility index (Phi) is 5.29. The highest BCUT2D eigenvalue weighted by Gasteiger charge is 2.19. The van der Waals surface area contributed by atoms with Crippen molar-refractivity contribution in [3.8, 4) is 5.75 Å². The zero-order valence-corrected chi connectivity index (χ0v) is 10.9. The molecule has 5 nitrogen and oxygen atoms in total. The van der Waals surface area contributed by atoms with Crippen LogP contribution in [0.5, 0.6) is 5.75 Å². The van der Waals surface area contributed by atoms with Crippen molar-refractivity contribution >= 4 is 11.9 Å². The average Bonchev–Trinajstić information content (AvgIpc) is 2.38. The molecule has 1 amide bonds. The summed E-state index contributed by atoms with van der Waals surface area (Å²) in [6, 6.07) is 3.33. The number of esters is 1. The number of methoxy groups -OCH3 is 1. The number of ether oxygens (including phenoxy) is 1. The highest BCUT2D eigenvalue weighted by molar-refractivity contribution is 5.94. The maximum Gasteiger partial charge on any atom is 0.307 e. The van der Waals surface area contributed by atoms with Gasteiger partial charge < -0.3 is 14.7 Å². The minimum Gasteiger partial charge on any atom is -0.508 e. The monoisotopic (exact) mass is 269 g/mol. The Morgan fingerprint density at radius 1 is 1.42 bits per heavy atom. The Morgan fingerprint density at radius 2 is 2.11 bits per heavy atom. The van der Waals surface area contributed by atoms with Gasteiger partial charge >= 0.3 is 5.97 Å². The molecule has 0 spiro atoms.